The number of nitrogens with zero attached hydrogens (tertiary/aromatic N) is 4. The molecule has 0 saturated carbocycles. The summed E-state index contributed by atoms with van der Waals surface area (Å²) in [6.07, 6.45) is 1.27. The van der Waals surface area contributed by atoms with Gasteiger partial charge in [-0.3, -0.25) is 0 Å². The fourth-order valence-corrected chi connectivity index (χ4v) is 1.93. The first-order chi connectivity index (χ1) is 9.88. The molecule has 0 aliphatic rings. The van der Waals surface area contributed by atoms with Gasteiger partial charge in [-0.2, -0.15) is 0 Å². The second kappa shape index (κ2) is 5.36. The molecule has 1 aromatic heterocycles. The molecule has 3 aromatic rings. The van der Waals surface area contributed by atoms with E-state index in [0.717, 1.165) is 11.3 Å². The van der Waals surface area contributed by atoms with Gasteiger partial charge in [-0.1, -0.05) is 53.7 Å². The lowest BCUT2D eigenvalue weighted by Gasteiger charge is -2.01. The largest absolute Gasteiger partial charge is 0.411 e. The van der Waals surface area contributed by atoms with E-state index in [-0.39, 0.29) is 0 Å². The highest BCUT2D eigenvalue weighted by molar-refractivity contribution is 5.76. The van der Waals surface area contributed by atoms with Gasteiger partial charge in [0.1, 0.15) is 6.21 Å². The number of benzene rings is 2. The predicted octanol–water partition coefficient (Wildman–Crippen LogP) is 2.74. The number of oxime groups is 1. The van der Waals surface area contributed by atoms with Crippen LogP contribution in [0.1, 0.15) is 5.82 Å². The van der Waals surface area contributed by atoms with Crippen molar-refractivity contribution in [1.82, 2.24) is 14.8 Å². The fraction of sp³-hybridized carbons (Fsp3) is 0. The zero-order valence-electron chi connectivity index (χ0n) is 10.6. The van der Waals surface area contributed by atoms with Gasteiger partial charge >= 0.3 is 0 Å². The SMILES string of the molecule is ON=Cc1nc(-c2ccccc2)nn1-c1ccccc1. The first-order valence-electron chi connectivity index (χ1n) is 6.14. The van der Waals surface area contributed by atoms with Gasteiger partial charge in [-0.25, -0.2) is 9.67 Å². The minimum absolute atomic E-state index is 0.470. The molecule has 0 aliphatic heterocycles. The average molecular weight is 264 g/mol. The number of rotatable bonds is 3. The fourth-order valence-electron chi connectivity index (χ4n) is 1.93. The van der Waals surface area contributed by atoms with E-state index in [1.807, 2.05) is 60.7 Å². The van der Waals surface area contributed by atoms with E-state index in [2.05, 4.69) is 15.2 Å². The molecule has 3 rings (SSSR count). The zero-order valence-corrected chi connectivity index (χ0v) is 10.6. The highest BCUT2D eigenvalue weighted by Crippen LogP contribution is 2.17. The van der Waals surface area contributed by atoms with Crippen molar-refractivity contribution in [2.24, 2.45) is 5.16 Å². The van der Waals surface area contributed by atoms with Crippen LogP contribution < -0.4 is 0 Å². The van der Waals surface area contributed by atoms with Crippen LogP contribution in [0.15, 0.2) is 65.8 Å². The Morgan fingerprint density at radius 1 is 0.950 bits per heavy atom. The van der Waals surface area contributed by atoms with E-state index in [1.165, 1.54) is 6.21 Å². The maximum absolute atomic E-state index is 8.76. The summed E-state index contributed by atoms with van der Waals surface area (Å²) in [6.45, 7) is 0. The van der Waals surface area contributed by atoms with Gasteiger partial charge in [0, 0.05) is 5.56 Å². The Morgan fingerprint density at radius 3 is 2.25 bits per heavy atom. The summed E-state index contributed by atoms with van der Waals surface area (Å²) in [5, 5.41) is 16.3. The summed E-state index contributed by atoms with van der Waals surface area (Å²) in [4.78, 5) is 4.39. The van der Waals surface area contributed by atoms with E-state index in [1.54, 1.807) is 4.68 Å². The zero-order chi connectivity index (χ0) is 13.8. The summed E-state index contributed by atoms with van der Waals surface area (Å²) in [6, 6.07) is 19.3. The molecule has 0 atom stereocenters. The van der Waals surface area contributed by atoms with E-state index in [9.17, 15) is 0 Å². The normalized spacial score (nSPS) is 11.0. The number of para-hydroxylation sites is 1. The maximum Gasteiger partial charge on any atom is 0.182 e. The third kappa shape index (κ3) is 2.29. The highest BCUT2D eigenvalue weighted by atomic mass is 16.4. The standard InChI is InChI=1S/C15H12N4O/c20-16-11-14-17-15(12-7-3-1-4-8-12)18-19(14)13-9-5-2-6-10-13/h1-11,20H. The lowest BCUT2D eigenvalue weighted by atomic mass is 10.2. The van der Waals surface area contributed by atoms with E-state index >= 15 is 0 Å². The quantitative estimate of drug-likeness (QED) is 0.449. The van der Waals surface area contributed by atoms with E-state index < -0.39 is 0 Å². The van der Waals surface area contributed by atoms with Gasteiger partial charge in [0.05, 0.1) is 5.69 Å². The maximum atomic E-state index is 8.76. The Bertz CT molecular complexity index is 720. The van der Waals surface area contributed by atoms with Crippen molar-refractivity contribution in [3.63, 3.8) is 0 Å². The second-order valence-electron chi connectivity index (χ2n) is 4.15. The lowest BCUT2D eigenvalue weighted by Crippen LogP contribution is -2.01. The summed E-state index contributed by atoms with van der Waals surface area (Å²) in [5.74, 6) is 1.06. The van der Waals surface area contributed by atoms with Gasteiger partial charge in [-0.05, 0) is 12.1 Å². The van der Waals surface area contributed by atoms with Crippen LogP contribution in [0.2, 0.25) is 0 Å². The third-order valence-electron chi connectivity index (χ3n) is 2.84. The van der Waals surface area contributed by atoms with Crippen LogP contribution in [0.3, 0.4) is 0 Å². The first kappa shape index (κ1) is 12.1. The summed E-state index contributed by atoms with van der Waals surface area (Å²) < 4.78 is 1.64. The Kier molecular flexibility index (Phi) is 3.24. The van der Waals surface area contributed by atoms with E-state index in [4.69, 9.17) is 5.21 Å². The smallest absolute Gasteiger partial charge is 0.182 e. The molecule has 0 spiro atoms. The molecule has 0 saturated heterocycles. The molecule has 5 heteroatoms. The van der Waals surface area contributed by atoms with Crippen molar-refractivity contribution in [1.29, 1.82) is 0 Å². The highest BCUT2D eigenvalue weighted by Gasteiger charge is 2.11. The Morgan fingerprint density at radius 2 is 1.60 bits per heavy atom. The molecular formula is C15H12N4O. The summed E-state index contributed by atoms with van der Waals surface area (Å²) >= 11 is 0. The minimum atomic E-state index is 0.470. The molecule has 1 heterocycles. The summed E-state index contributed by atoms with van der Waals surface area (Å²) in [5.41, 5.74) is 1.77. The van der Waals surface area contributed by atoms with Crippen molar-refractivity contribution < 1.29 is 5.21 Å². The molecule has 0 aliphatic carbocycles. The molecule has 1 N–H and O–H groups in total. The molecule has 0 unspecified atom stereocenters. The van der Waals surface area contributed by atoms with Crippen molar-refractivity contribution in [2.75, 3.05) is 0 Å². The second-order valence-corrected chi connectivity index (χ2v) is 4.15. The van der Waals surface area contributed by atoms with Crippen LogP contribution in [0.25, 0.3) is 17.1 Å². The molecule has 5 nitrogen and oxygen atoms in total. The lowest BCUT2D eigenvalue weighted by molar-refractivity contribution is 0.321. The molecule has 2 aromatic carbocycles. The van der Waals surface area contributed by atoms with Crippen LogP contribution in [0.4, 0.5) is 0 Å². The third-order valence-corrected chi connectivity index (χ3v) is 2.84. The average Bonchev–Trinajstić information content (AvgIpc) is 2.94. The van der Waals surface area contributed by atoms with Gasteiger partial charge in [-0.15, -0.1) is 5.10 Å². The van der Waals surface area contributed by atoms with Crippen LogP contribution >= 0.6 is 0 Å². The Hall–Kier alpha value is -2.95. The molecule has 0 amide bonds. The van der Waals surface area contributed by atoms with Crippen LogP contribution in [0, 0.1) is 0 Å². The summed E-state index contributed by atoms with van der Waals surface area (Å²) in [7, 11) is 0. The van der Waals surface area contributed by atoms with Crippen molar-refractivity contribution in [2.45, 2.75) is 0 Å². The van der Waals surface area contributed by atoms with Gasteiger partial charge < -0.3 is 5.21 Å². The minimum Gasteiger partial charge on any atom is -0.411 e. The molecule has 0 radical (unpaired) electrons. The van der Waals surface area contributed by atoms with Gasteiger partial charge in [0.2, 0.25) is 0 Å². The van der Waals surface area contributed by atoms with Crippen molar-refractivity contribution in [3.8, 4) is 17.1 Å². The van der Waals surface area contributed by atoms with Crippen LogP contribution in [-0.4, -0.2) is 26.2 Å². The van der Waals surface area contributed by atoms with Crippen LogP contribution in [0.5, 0.6) is 0 Å². The predicted molar refractivity (Wildman–Crippen MR) is 76.2 cm³/mol. The Balaban J connectivity index is 2.13. The number of aromatic nitrogens is 3. The Labute approximate surface area is 115 Å². The molecule has 0 bridgehead atoms. The molecule has 20 heavy (non-hydrogen) atoms. The van der Waals surface area contributed by atoms with E-state index in [0.29, 0.717) is 11.6 Å². The first-order valence-corrected chi connectivity index (χ1v) is 6.14. The number of hydrogen-bond acceptors (Lipinski definition) is 4. The monoisotopic (exact) mass is 264 g/mol. The molecular weight excluding hydrogens is 252 g/mol. The van der Waals surface area contributed by atoms with Crippen LogP contribution in [-0.2, 0) is 0 Å². The topological polar surface area (TPSA) is 63.3 Å². The molecule has 0 fully saturated rings. The van der Waals surface area contributed by atoms with Gasteiger partial charge in [0.25, 0.3) is 0 Å². The van der Waals surface area contributed by atoms with Crippen molar-refractivity contribution >= 4 is 6.21 Å². The van der Waals surface area contributed by atoms with Crippen molar-refractivity contribution in [3.05, 3.63) is 66.5 Å². The molecule has 98 valence electrons. The van der Waals surface area contributed by atoms with Gasteiger partial charge in [0.15, 0.2) is 11.6 Å². The number of hydrogen-bond donors (Lipinski definition) is 1.